The van der Waals surface area contributed by atoms with E-state index in [2.05, 4.69) is 0 Å². The lowest BCUT2D eigenvalue weighted by molar-refractivity contribution is -0.137. The highest BCUT2D eigenvalue weighted by molar-refractivity contribution is 5.96. The monoisotopic (exact) mass is 295 g/mol. The fourth-order valence-corrected chi connectivity index (χ4v) is 3.00. The van der Waals surface area contributed by atoms with E-state index in [9.17, 15) is 14.7 Å². The minimum Gasteiger partial charge on any atom is -0.480 e. The van der Waals surface area contributed by atoms with Crippen molar-refractivity contribution in [1.29, 1.82) is 0 Å². The Hall–Kier alpha value is -2.62. The van der Waals surface area contributed by atoms with Gasteiger partial charge in [-0.15, -0.1) is 0 Å². The van der Waals surface area contributed by atoms with E-state index in [1.54, 1.807) is 16.7 Å². The SMILES string of the molecule is CCc1cccc2c(=O)c3ccc(C)cc3n(CC(=O)O)c12. The van der Waals surface area contributed by atoms with Crippen LogP contribution in [-0.2, 0) is 17.8 Å². The zero-order valence-electron chi connectivity index (χ0n) is 12.6. The molecule has 0 aliphatic rings. The molecule has 0 unspecified atom stereocenters. The number of carboxylic acid groups (broad SMARTS) is 1. The van der Waals surface area contributed by atoms with E-state index in [4.69, 9.17) is 0 Å². The van der Waals surface area contributed by atoms with E-state index >= 15 is 0 Å². The van der Waals surface area contributed by atoms with Gasteiger partial charge in [0.1, 0.15) is 6.54 Å². The molecule has 3 rings (SSSR count). The Labute approximate surface area is 127 Å². The van der Waals surface area contributed by atoms with Gasteiger partial charge in [-0.1, -0.05) is 25.1 Å². The first-order valence-corrected chi connectivity index (χ1v) is 7.29. The highest BCUT2D eigenvalue weighted by Gasteiger charge is 2.15. The first-order chi connectivity index (χ1) is 10.5. The van der Waals surface area contributed by atoms with Gasteiger partial charge in [-0.2, -0.15) is 0 Å². The van der Waals surface area contributed by atoms with Gasteiger partial charge in [0.05, 0.1) is 11.0 Å². The Morgan fingerprint density at radius 1 is 1.18 bits per heavy atom. The van der Waals surface area contributed by atoms with E-state index in [0.29, 0.717) is 16.3 Å². The van der Waals surface area contributed by atoms with E-state index in [-0.39, 0.29) is 12.0 Å². The van der Waals surface area contributed by atoms with Gasteiger partial charge in [-0.05, 0) is 42.7 Å². The van der Waals surface area contributed by atoms with Crippen LogP contribution in [0.3, 0.4) is 0 Å². The molecule has 0 aliphatic heterocycles. The van der Waals surface area contributed by atoms with Crippen LogP contribution in [0.5, 0.6) is 0 Å². The molecule has 0 aliphatic carbocycles. The summed E-state index contributed by atoms with van der Waals surface area (Å²) >= 11 is 0. The highest BCUT2D eigenvalue weighted by Crippen LogP contribution is 2.23. The summed E-state index contributed by atoms with van der Waals surface area (Å²) in [5.74, 6) is -0.918. The third-order valence-corrected chi connectivity index (χ3v) is 4.00. The number of aryl methyl sites for hydroxylation is 2. The molecule has 0 amide bonds. The van der Waals surface area contributed by atoms with E-state index in [0.717, 1.165) is 23.1 Å². The summed E-state index contributed by atoms with van der Waals surface area (Å²) in [7, 11) is 0. The predicted molar refractivity (Wildman–Crippen MR) is 87.5 cm³/mol. The smallest absolute Gasteiger partial charge is 0.323 e. The number of fused-ring (bicyclic) bond motifs is 2. The average Bonchev–Trinajstić information content (AvgIpc) is 2.50. The summed E-state index contributed by atoms with van der Waals surface area (Å²) in [6.45, 7) is 3.78. The van der Waals surface area contributed by atoms with Gasteiger partial charge in [0, 0.05) is 10.8 Å². The average molecular weight is 295 g/mol. The number of carbonyl (C=O) groups is 1. The molecule has 1 heterocycles. The van der Waals surface area contributed by atoms with Gasteiger partial charge >= 0.3 is 5.97 Å². The number of pyridine rings is 1. The zero-order valence-corrected chi connectivity index (χ0v) is 12.6. The van der Waals surface area contributed by atoms with Crippen molar-refractivity contribution in [3.63, 3.8) is 0 Å². The summed E-state index contributed by atoms with van der Waals surface area (Å²) in [5.41, 5.74) is 3.36. The number of aromatic nitrogens is 1. The van der Waals surface area contributed by atoms with Crippen molar-refractivity contribution in [2.24, 2.45) is 0 Å². The van der Waals surface area contributed by atoms with Crippen molar-refractivity contribution in [3.8, 4) is 0 Å². The summed E-state index contributed by atoms with van der Waals surface area (Å²) in [6.07, 6.45) is 0.744. The number of nitrogens with zero attached hydrogens (tertiary/aromatic N) is 1. The molecular weight excluding hydrogens is 278 g/mol. The second-order valence-electron chi connectivity index (χ2n) is 5.50. The molecule has 0 atom stereocenters. The van der Waals surface area contributed by atoms with Crippen molar-refractivity contribution in [2.45, 2.75) is 26.8 Å². The molecule has 4 heteroatoms. The molecule has 3 aromatic rings. The summed E-state index contributed by atoms with van der Waals surface area (Å²) in [4.78, 5) is 24.1. The van der Waals surface area contributed by atoms with E-state index < -0.39 is 5.97 Å². The quantitative estimate of drug-likeness (QED) is 0.755. The Balaban J connectivity index is 2.60. The van der Waals surface area contributed by atoms with Crippen LogP contribution in [-0.4, -0.2) is 15.6 Å². The van der Waals surface area contributed by atoms with Crippen LogP contribution in [0.4, 0.5) is 0 Å². The Morgan fingerprint density at radius 2 is 1.95 bits per heavy atom. The van der Waals surface area contributed by atoms with Gasteiger partial charge in [-0.3, -0.25) is 9.59 Å². The maximum Gasteiger partial charge on any atom is 0.323 e. The lowest BCUT2D eigenvalue weighted by Gasteiger charge is -2.16. The molecule has 0 bridgehead atoms. The molecule has 2 aromatic carbocycles. The molecule has 4 nitrogen and oxygen atoms in total. The first kappa shape index (κ1) is 14.3. The Bertz CT molecular complexity index is 954. The van der Waals surface area contributed by atoms with Crippen molar-refractivity contribution in [3.05, 3.63) is 57.7 Å². The van der Waals surface area contributed by atoms with Crippen LogP contribution in [0.1, 0.15) is 18.1 Å². The maximum absolute atomic E-state index is 12.7. The largest absolute Gasteiger partial charge is 0.480 e. The Kier molecular flexibility index (Phi) is 3.45. The van der Waals surface area contributed by atoms with E-state index in [1.807, 2.05) is 38.1 Å². The van der Waals surface area contributed by atoms with Gasteiger partial charge in [0.15, 0.2) is 5.43 Å². The molecular formula is C18H17NO3. The number of para-hydroxylation sites is 1. The molecule has 1 N–H and O–H groups in total. The topological polar surface area (TPSA) is 59.3 Å². The van der Waals surface area contributed by atoms with Gasteiger partial charge in [-0.25, -0.2) is 0 Å². The Morgan fingerprint density at radius 3 is 2.64 bits per heavy atom. The first-order valence-electron chi connectivity index (χ1n) is 7.29. The number of hydrogen-bond acceptors (Lipinski definition) is 2. The highest BCUT2D eigenvalue weighted by atomic mass is 16.4. The minimum atomic E-state index is -0.918. The van der Waals surface area contributed by atoms with Gasteiger partial charge in [0.2, 0.25) is 0 Å². The summed E-state index contributed by atoms with van der Waals surface area (Å²) in [5, 5.41) is 10.4. The molecule has 0 saturated heterocycles. The third-order valence-electron chi connectivity index (χ3n) is 4.00. The fourth-order valence-electron chi connectivity index (χ4n) is 3.00. The third kappa shape index (κ3) is 2.17. The second-order valence-corrected chi connectivity index (χ2v) is 5.50. The van der Waals surface area contributed by atoms with Crippen LogP contribution in [0.25, 0.3) is 21.8 Å². The normalized spacial score (nSPS) is 11.2. The molecule has 0 fully saturated rings. The van der Waals surface area contributed by atoms with Crippen molar-refractivity contribution in [2.75, 3.05) is 0 Å². The van der Waals surface area contributed by atoms with Crippen LogP contribution >= 0.6 is 0 Å². The number of hydrogen-bond donors (Lipinski definition) is 1. The lowest BCUT2D eigenvalue weighted by atomic mass is 10.0. The van der Waals surface area contributed by atoms with Crippen molar-refractivity contribution in [1.82, 2.24) is 4.57 Å². The minimum absolute atomic E-state index is 0.0399. The lowest BCUT2D eigenvalue weighted by Crippen LogP contribution is -2.17. The number of carboxylic acids is 1. The molecule has 0 radical (unpaired) electrons. The molecule has 1 aromatic heterocycles. The molecule has 0 saturated carbocycles. The zero-order chi connectivity index (χ0) is 15.9. The fraction of sp³-hybridized carbons (Fsp3) is 0.222. The van der Waals surface area contributed by atoms with Crippen LogP contribution in [0, 0.1) is 6.92 Å². The molecule has 0 spiro atoms. The maximum atomic E-state index is 12.7. The van der Waals surface area contributed by atoms with Crippen LogP contribution < -0.4 is 5.43 Å². The van der Waals surface area contributed by atoms with Crippen molar-refractivity contribution >= 4 is 27.8 Å². The molecule has 112 valence electrons. The van der Waals surface area contributed by atoms with E-state index in [1.165, 1.54) is 0 Å². The predicted octanol–water partition coefficient (Wildman–Crippen LogP) is 3.11. The van der Waals surface area contributed by atoms with Gasteiger partial charge < -0.3 is 9.67 Å². The number of rotatable bonds is 3. The summed E-state index contributed by atoms with van der Waals surface area (Å²) < 4.78 is 1.75. The van der Waals surface area contributed by atoms with Crippen LogP contribution in [0.2, 0.25) is 0 Å². The van der Waals surface area contributed by atoms with Gasteiger partial charge in [0.25, 0.3) is 0 Å². The summed E-state index contributed by atoms with van der Waals surface area (Å²) in [6, 6.07) is 11.1. The number of aliphatic carboxylic acids is 1. The second kappa shape index (κ2) is 5.30. The van der Waals surface area contributed by atoms with Crippen LogP contribution in [0.15, 0.2) is 41.2 Å². The standard InChI is InChI=1S/C18H17NO3/c1-3-12-5-4-6-14-17(12)19(10-16(20)21)15-9-11(2)7-8-13(15)18(14)22/h4-9H,3,10H2,1-2H3,(H,20,21). The molecule has 22 heavy (non-hydrogen) atoms. The van der Waals surface area contributed by atoms with Crippen molar-refractivity contribution < 1.29 is 9.90 Å². The number of benzene rings is 2.